The van der Waals surface area contributed by atoms with Crippen molar-refractivity contribution in [3.8, 4) is 0 Å². The van der Waals surface area contributed by atoms with Gasteiger partial charge in [-0.2, -0.15) is 0 Å². The summed E-state index contributed by atoms with van der Waals surface area (Å²) in [6.07, 6.45) is 0. The van der Waals surface area contributed by atoms with E-state index in [1.54, 1.807) is 7.11 Å². The first-order valence-corrected chi connectivity index (χ1v) is 5.08. The van der Waals surface area contributed by atoms with E-state index in [1.165, 1.54) is 0 Å². The highest BCUT2D eigenvalue weighted by Gasteiger charge is 2.14. The van der Waals surface area contributed by atoms with Crippen molar-refractivity contribution < 1.29 is 9.53 Å². The molecule has 1 unspecified atom stereocenters. The van der Waals surface area contributed by atoms with Gasteiger partial charge in [0.15, 0.2) is 0 Å². The van der Waals surface area contributed by atoms with Crippen molar-refractivity contribution in [2.24, 2.45) is 5.92 Å². The maximum Gasteiger partial charge on any atom is 0.230 e. The van der Waals surface area contributed by atoms with E-state index in [4.69, 9.17) is 4.74 Å². The standard InChI is InChI=1S/C8H16BrNO2/c1-6(2)7(5-12-3)10-8(11)4-9/h6-7H,4-5H2,1-3H3,(H,10,11). The Bertz CT molecular complexity index is 139. The molecular weight excluding hydrogens is 222 g/mol. The third-order valence-electron chi connectivity index (χ3n) is 1.62. The van der Waals surface area contributed by atoms with Crippen LogP contribution < -0.4 is 5.32 Å². The maximum absolute atomic E-state index is 11.0. The molecule has 4 heteroatoms. The number of methoxy groups -OCH3 is 1. The SMILES string of the molecule is COCC(NC(=O)CBr)C(C)C. The van der Waals surface area contributed by atoms with Gasteiger partial charge in [-0.05, 0) is 5.92 Å². The molecule has 1 N–H and O–H groups in total. The van der Waals surface area contributed by atoms with Crippen molar-refractivity contribution in [2.45, 2.75) is 19.9 Å². The monoisotopic (exact) mass is 237 g/mol. The van der Waals surface area contributed by atoms with Crippen LogP contribution in [-0.4, -0.2) is 31.0 Å². The van der Waals surface area contributed by atoms with Gasteiger partial charge in [0.05, 0.1) is 18.0 Å². The van der Waals surface area contributed by atoms with Crippen LogP contribution in [0.5, 0.6) is 0 Å². The predicted octanol–water partition coefficient (Wildman–Crippen LogP) is 1.17. The van der Waals surface area contributed by atoms with E-state index in [1.807, 2.05) is 0 Å². The molecule has 0 radical (unpaired) electrons. The molecular formula is C8H16BrNO2. The molecule has 12 heavy (non-hydrogen) atoms. The zero-order chi connectivity index (χ0) is 9.56. The molecule has 0 bridgehead atoms. The molecule has 3 nitrogen and oxygen atoms in total. The maximum atomic E-state index is 11.0. The summed E-state index contributed by atoms with van der Waals surface area (Å²) in [6.45, 7) is 4.67. The Morgan fingerprint density at radius 2 is 2.17 bits per heavy atom. The zero-order valence-corrected chi connectivity index (χ0v) is 9.35. The number of hydrogen-bond acceptors (Lipinski definition) is 2. The first-order chi connectivity index (χ1) is 5.61. The summed E-state index contributed by atoms with van der Waals surface area (Å²) in [7, 11) is 1.63. The summed E-state index contributed by atoms with van der Waals surface area (Å²) in [5.41, 5.74) is 0. The quantitative estimate of drug-likeness (QED) is 0.730. The van der Waals surface area contributed by atoms with Gasteiger partial charge < -0.3 is 10.1 Å². The molecule has 0 aliphatic carbocycles. The lowest BCUT2D eigenvalue weighted by atomic mass is 10.1. The Balaban J connectivity index is 3.86. The predicted molar refractivity (Wildman–Crippen MR) is 52.4 cm³/mol. The Morgan fingerprint density at radius 3 is 2.50 bits per heavy atom. The summed E-state index contributed by atoms with van der Waals surface area (Å²) in [5, 5.41) is 3.20. The van der Waals surface area contributed by atoms with E-state index < -0.39 is 0 Å². The van der Waals surface area contributed by atoms with Crippen LogP contribution in [0.2, 0.25) is 0 Å². The summed E-state index contributed by atoms with van der Waals surface area (Å²) >= 11 is 3.09. The lowest BCUT2D eigenvalue weighted by molar-refractivity contribution is -0.119. The lowest BCUT2D eigenvalue weighted by Gasteiger charge is -2.20. The van der Waals surface area contributed by atoms with Crippen LogP contribution in [0.3, 0.4) is 0 Å². The van der Waals surface area contributed by atoms with Crippen LogP contribution >= 0.6 is 15.9 Å². The van der Waals surface area contributed by atoms with E-state index in [0.717, 1.165) is 0 Å². The fourth-order valence-corrected chi connectivity index (χ4v) is 0.988. The van der Waals surface area contributed by atoms with E-state index >= 15 is 0 Å². The average molecular weight is 238 g/mol. The molecule has 0 rings (SSSR count). The van der Waals surface area contributed by atoms with E-state index in [9.17, 15) is 4.79 Å². The van der Waals surface area contributed by atoms with Gasteiger partial charge in [-0.1, -0.05) is 29.8 Å². The van der Waals surface area contributed by atoms with Gasteiger partial charge in [-0.25, -0.2) is 0 Å². The molecule has 1 atom stereocenters. The number of amides is 1. The fraction of sp³-hybridized carbons (Fsp3) is 0.875. The van der Waals surface area contributed by atoms with Crippen LogP contribution in [-0.2, 0) is 9.53 Å². The number of ether oxygens (including phenoxy) is 1. The van der Waals surface area contributed by atoms with Crippen LogP contribution in [0.1, 0.15) is 13.8 Å². The molecule has 1 amide bonds. The van der Waals surface area contributed by atoms with Crippen LogP contribution in [0, 0.1) is 5.92 Å². The topological polar surface area (TPSA) is 38.3 Å². The van der Waals surface area contributed by atoms with Gasteiger partial charge in [0.1, 0.15) is 0 Å². The molecule has 0 aromatic heterocycles. The second-order valence-corrected chi connectivity index (χ2v) is 3.57. The summed E-state index contributed by atoms with van der Waals surface area (Å²) < 4.78 is 4.98. The highest BCUT2D eigenvalue weighted by molar-refractivity contribution is 9.09. The van der Waals surface area contributed by atoms with Gasteiger partial charge in [0.2, 0.25) is 5.91 Å². The zero-order valence-electron chi connectivity index (χ0n) is 7.76. The van der Waals surface area contributed by atoms with E-state index in [0.29, 0.717) is 17.9 Å². The molecule has 0 saturated heterocycles. The van der Waals surface area contributed by atoms with Crippen LogP contribution in [0.4, 0.5) is 0 Å². The summed E-state index contributed by atoms with van der Waals surface area (Å²) in [6, 6.07) is 0.111. The number of alkyl halides is 1. The van der Waals surface area contributed by atoms with E-state index in [-0.39, 0.29) is 11.9 Å². The fourth-order valence-electron chi connectivity index (χ4n) is 0.826. The second-order valence-electron chi connectivity index (χ2n) is 3.01. The highest BCUT2D eigenvalue weighted by Crippen LogP contribution is 2.01. The Hall–Kier alpha value is -0.0900. The van der Waals surface area contributed by atoms with Crippen molar-refractivity contribution in [3.05, 3.63) is 0 Å². The Labute approximate surface area is 82.0 Å². The first-order valence-electron chi connectivity index (χ1n) is 3.96. The normalized spacial score (nSPS) is 13.1. The molecule has 0 fully saturated rings. The second kappa shape index (κ2) is 6.43. The smallest absolute Gasteiger partial charge is 0.230 e. The minimum atomic E-state index is 0.00532. The van der Waals surface area contributed by atoms with Crippen LogP contribution in [0.25, 0.3) is 0 Å². The van der Waals surface area contributed by atoms with Crippen molar-refractivity contribution in [3.63, 3.8) is 0 Å². The van der Waals surface area contributed by atoms with Crippen LogP contribution in [0.15, 0.2) is 0 Å². The van der Waals surface area contributed by atoms with Crippen molar-refractivity contribution in [1.82, 2.24) is 5.32 Å². The van der Waals surface area contributed by atoms with E-state index in [2.05, 4.69) is 35.1 Å². The molecule has 0 aliphatic heterocycles. The van der Waals surface area contributed by atoms with Gasteiger partial charge in [-0.3, -0.25) is 4.79 Å². The molecule has 72 valence electrons. The number of hydrogen-bond donors (Lipinski definition) is 1. The Kier molecular flexibility index (Phi) is 6.38. The number of carbonyl (C=O) groups is 1. The molecule has 0 aromatic carbocycles. The molecule has 0 aromatic rings. The minimum absolute atomic E-state index is 0.00532. The number of halogens is 1. The summed E-state index contributed by atoms with van der Waals surface area (Å²) in [4.78, 5) is 11.0. The first kappa shape index (κ1) is 11.9. The number of carbonyl (C=O) groups excluding carboxylic acids is 1. The molecule has 0 spiro atoms. The highest BCUT2D eigenvalue weighted by atomic mass is 79.9. The van der Waals surface area contributed by atoms with Gasteiger partial charge >= 0.3 is 0 Å². The van der Waals surface area contributed by atoms with Gasteiger partial charge in [0, 0.05) is 7.11 Å². The number of nitrogens with one attached hydrogen (secondary N) is 1. The van der Waals surface area contributed by atoms with Crippen molar-refractivity contribution in [1.29, 1.82) is 0 Å². The Morgan fingerprint density at radius 1 is 1.58 bits per heavy atom. The minimum Gasteiger partial charge on any atom is -0.383 e. The third kappa shape index (κ3) is 4.72. The molecule has 0 heterocycles. The third-order valence-corrected chi connectivity index (χ3v) is 2.13. The lowest BCUT2D eigenvalue weighted by Crippen LogP contribution is -2.42. The van der Waals surface area contributed by atoms with Crippen molar-refractivity contribution in [2.75, 3.05) is 19.0 Å². The summed E-state index contributed by atoms with van der Waals surface area (Å²) in [5.74, 6) is 0.402. The average Bonchev–Trinajstić information content (AvgIpc) is 2.03. The molecule has 0 aliphatic rings. The van der Waals surface area contributed by atoms with Gasteiger partial charge in [0.25, 0.3) is 0 Å². The molecule has 0 saturated carbocycles. The van der Waals surface area contributed by atoms with Crippen molar-refractivity contribution >= 4 is 21.8 Å². The largest absolute Gasteiger partial charge is 0.383 e. The number of rotatable bonds is 5. The van der Waals surface area contributed by atoms with Gasteiger partial charge in [-0.15, -0.1) is 0 Å².